The summed E-state index contributed by atoms with van der Waals surface area (Å²) in [6.07, 6.45) is 1.47. The van der Waals surface area contributed by atoms with E-state index in [2.05, 4.69) is 25.0 Å². The van der Waals surface area contributed by atoms with Crippen LogP contribution in [0.3, 0.4) is 0 Å². The van der Waals surface area contributed by atoms with Gasteiger partial charge in [0, 0.05) is 43.4 Å². The van der Waals surface area contributed by atoms with Gasteiger partial charge in [-0.2, -0.15) is 0 Å². The Labute approximate surface area is 212 Å². The number of hydrogen-bond donors (Lipinski definition) is 0. The van der Waals surface area contributed by atoms with Gasteiger partial charge in [0.15, 0.2) is 11.6 Å². The number of methoxy groups -OCH3 is 1. The molecule has 4 aromatic rings. The first-order chi connectivity index (χ1) is 17.5. The summed E-state index contributed by atoms with van der Waals surface area (Å²) in [4.78, 5) is 30.1. The Balaban J connectivity index is 1.34. The van der Waals surface area contributed by atoms with E-state index in [1.54, 1.807) is 28.8 Å². The maximum atomic E-state index is 13.7. The van der Waals surface area contributed by atoms with Gasteiger partial charge in [0.05, 0.1) is 12.1 Å². The zero-order chi connectivity index (χ0) is 25.1. The third-order valence-electron chi connectivity index (χ3n) is 5.96. The third-order valence-corrected chi connectivity index (χ3v) is 6.25. The molecule has 0 saturated carbocycles. The van der Waals surface area contributed by atoms with Crippen molar-refractivity contribution in [1.82, 2.24) is 29.6 Å². The molecule has 2 aromatic heterocycles. The SMILES string of the molecule is COc1cc(N2CCN(C(=O)Cn3nc(-c4ccc(F)c(Cl)c4)nc3-c3ccccc3)CC2)ncn1. The smallest absolute Gasteiger partial charge is 0.244 e. The van der Waals surface area contributed by atoms with Crippen LogP contribution in [0.2, 0.25) is 5.02 Å². The molecule has 0 spiro atoms. The second kappa shape index (κ2) is 10.3. The lowest BCUT2D eigenvalue weighted by molar-refractivity contribution is -0.132. The second-order valence-corrected chi connectivity index (χ2v) is 8.61. The Morgan fingerprint density at radius 2 is 1.81 bits per heavy atom. The number of ether oxygens (including phenoxy) is 1. The Kier molecular flexibility index (Phi) is 6.77. The van der Waals surface area contributed by atoms with E-state index in [0.29, 0.717) is 49.3 Å². The van der Waals surface area contributed by atoms with Crippen LogP contribution in [-0.2, 0) is 11.3 Å². The van der Waals surface area contributed by atoms with Crippen LogP contribution >= 0.6 is 11.6 Å². The van der Waals surface area contributed by atoms with E-state index < -0.39 is 5.82 Å². The first-order valence-electron chi connectivity index (χ1n) is 11.4. The monoisotopic (exact) mass is 507 g/mol. The molecule has 11 heteroatoms. The highest BCUT2D eigenvalue weighted by molar-refractivity contribution is 6.31. The molecule has 0 bridgehead atoms. The van der Waals surface area contributed by atoms with Crippen molar-refractivity contribution >= 4 is 23.3 Å². The molecule has 0 atom stereocenters. The standard InChI is InChI=1S/C25H23ClFN7O2/c1-36-22-14-21(28-16-29-22)32-9-11-33(12-10-32)23(35)15-34-25(17-5-3-2-4-6-17)30-24(31-34)18-7-8-20(27)19(26)13-18/h2-8,13-14,16H,9-12,15H2,1H3. The van der Waals surface area contributed by atoms with Gasteiger partial charge in [-0.3, -0.25) is 4.79 Å². The predicted octanol–water partition coefficient (Wildman–Crippen LogP) is 3.55. The fourth-order valence-electron chi connectivity index (χ4n) is 4.04. The van der Waals surface area contributed by atoms with Crippen molar-refractivity contribution in [2.75, 3.05) is 38.2 Å². The zero-order valence-corrected chi connectivity index (χ0v) is 20.3. The normalized spacial score (nSPS) is 13.6. The number of rotatable bonds is 6. The molecule has 1 aliphatic heterocycles. The third kappa shape index (κ3) is 4.99. The van der Waals surface area contributed by atoms with Gasteiger partial charge in [0.2, 0.25) is 11.8 Å². The van der Waals surface area contributed by atoms with Crippen molar-refractivity contribution < 1.29 is 13.9 Å². The molecule has 1 fully saturated rings. The molecule has 36 heavy (non-hydrogen) atoms. The molecule has 0 N–H and O–H groups in total. The van der Waals surface area contributed by atoms with Crippen molar-refractivity contribution in [2.45, 2.75) is 6.54 Å². The second-order valence-electron chi connectivity index (χ2n) is 8.20. The number of carbonyl (C=O) groups is 1. The number of anilines is 1. The fraction of sp³-hybridized carbons (Fsp3) is 0.240. The van der Waals surface area contributed by atoms with E-state index in [1.807, 2.05) is 30.3 Å². The van der Waals surface area contributed by atoms with Gasteiger partial charge in [-0.15, -0.1) is 5.10 Å². The molecule has 9 nitrogen and oxygen atoms in total. The van der Waals surface area contributed by atoms with E-state index in [0.717, 1.165) is 11.4 Å². The van der Waals surface area contributed by atoms with E-state index in [-0.39, 0.29) is 17.5 Å². The van der Waals surface area contributed by atoms with Gasteiger partial charge in [-0.1, -0.05) is 41.9 Å². The van der Waals surface area contributed by atoms with Crippen LogP contribution in [0.5, 0.6) is 5.88 Å². The number of aromatic nitrogens is 5. The Morgan fingerprint density at radius 1 is 1.03 bits per heavy atom. The number of amides is 1. The lowest BCUT2D eigenvalue weighted by Crippen LogP contribution is -2.50. The molecular weight excluding hydrogens is 485 g/mol. The van der Waals surface area contributed by atoms with E-state index >= 15 is 0 Å². The number of benzene rings is 2. The molecule has 0 aliphatic carbocycles. The molecule has 2 aromatic carbocycles. The highest BCUT2D eigenvalue weighted by Crippen LogP contribution is 2.26. The van der Waals surface area contributed by atoms with Crippen LogP contribution in [-0.4, -0.2) is 68.8 Å². The van der Waals surface area contributed by atoms with Gasteiger partial charge in [0.1, 0.15) is 24.5 Å². The Hall–Kier alpha value is -4.05. The molecule has 5 rings (SSSR count). The summed E-state index contributed by atoms with van der Waals surface area (Å²) in [6, 6.07) is 15.6. The van der Waals surface area contributed by atoms with E-state index in [1.165, 1.54) is 18.5 Å². The predicted molar refractivity (Wildman–Crippen MR) is 133 cm³/mol. The summed E-state index contributed by atoms with van der Waals surface area (Å²) in [5, 5.41) is 4.57. The van der Waals surface area contributed by atoms with Crippen LogP contribution in [0.25, 0.3) is 22.8 Å². The average molecular weight is 508 g/mol. The van der Waals surface area contributed by atoms with E-state index in [4.69, 9.17) is 16.3 Å². The summed E-state index contributed by atoms with van der Waals surface area (Å²) in [6.45, 7) is 2.37. The van der Waals surface area contributed by atoms with Crippen molar-refractivity contribution in [3.8, 4) is 28.7 Å². The Morgan fingerprint density at radius 3 is 2.53 bits per heavy atom. The van der Waals surface area contributed by atoms with Gasteiger partial charge in [-0.25, -0.2) is 24.0 Å². The molecule has 1 aliphatic rings. The first kappa shape index (κ1) is 23.7. The number of halogens is 2. The maximum Gasteiger partial charge on any atom is 0.244 e. The van der Waals surface area contributed by atoms with Gasteiger partial charge in [0.25, 0.3) is 0 Å². The maximum absolute atomic E-state index is 13.7. The van der Waals surface area contributed by atoms with Crippen LogP contribution < -0.4 is 9.64 Å². The lowest BCUT2D eigenvalue weighted by atomic mass is 10.2. The minimum atomic E-state index is -0.516. The van der Waals surface area contributed by atoms with Gasteiger partial charge >= 0.3 is 0 Å². The van der Waals surface area contributed by atoms with Crippen LogP contribution in [0, 0.1) is 5.82 Å². The van der Waals surface area contributed by atoms with Gasteiger partial charge < -0.3 is 14.5 Å². The van der Waals surface area contributed by atoms with Crippen LogP contribution in [0.4, 0.5) is 10.2 Å². The summed E-state index contributed by atoms with van der Waals surface area (Å²) < 4.78 is 20.4. The van der Waals surface area contributed by atoms with Crippen LogP contribution in [0.1, 0.15) is 0 Å². The molecule has 1 amide bonds. The molecular formula is C25H23ClFN7O2. The van der Waals surface area contributed by atoms with Gasteiger partial charge in [-0.05, 0) is 18.2 Å². The Bertz CT molecular complexity index is 1370. The minimum absolute atomic E-state index is 0.0136. The molecule has 0 radical (unpaired) electrons. The van der Waals surface area contributed by atoms with Crippen molar-refractivity contribution in [3.05, 3.63) is 71.8 Å². The molecule has 3 heterocycles. The fourth-order valence-corrected chi connectivity index (χ4v) is 4.22. The largest absolute Gasteiger partial charge is 0.481 e. The number of hydrogen-bond acceptors (Lipinski definition) is 7. The molecule has 184 valence electrons. The highest BCUT2D eigenvalue weighted by atomic mass is 35.5. The average Bonchev–Trinajstić information content (AvgIpc) is 3.34. The summed E-state index contributed by atoms with van der Waals surface area (Å²) >= 11 is 5.97. The number of carbonyl (C=O) groups excluding carboxylic acids is 1. The quantitative estimate of drug-likeness (QED) is 0.394. The van der Waals surface area contributed by atoms with Crippen molar-refractivity contribution in [3.63, 3.8) is 0 Å². The minimum Gasteiger partial charge on any atom is -0.481 e. The van der Waals surface area contributed by atoms with E-state index in [9.17, 15) is 9.18 Å². The molecule has 1 saturated heterocycles. The topological polar surface area (TPSA) is 89.3 Å². The number of piperazine rings is 1. The van der Waals surface area contributed by atoms with Crippen LogP contribution in [0.15, 0.2) is 60.9 Å². The van der Waals surface area contributed by atoms with Crippen molar-refractivity contribution in [2.24, 2.45) is 0 Å². The van der Waals surface area contributed by atoms with Crippen molar-refractivity contribution in [1.29, 1.82) is 0 Å². The summed E-state index contributed by atoms with van der Waals surface area (Å²) in [5.41, 5.74) is 1.39. The number of nitrogens with zero attached hydrogens (tertiary/aromatic N) is 7. The molecule has 0 unspecified atom stereocenters. The highest BCUT2D eigenvalue weighted by Gasteiger charge is 2.24. The first-order valence-corrected chi connectivity index (χ1v) is 11.7. The lowest BCUT2D eigenvalue weighted by Gasteiger charge is -2.35. The zero-order valence-electron chi connectivity index (χ0n) is 19.5. The summed E-state index contributed by atoms with van der Waals surface area (Å²) in [7, 11) is 1.56. The summed E-state index contributed by atoms with van der Waals surface area (Å²) in [5.74, 6) is 1.59.